The van der Waals surface area contributed by atoms with Gasteiger partial charge in [0.25, 0.3) is 0 Å². The number of hydrogen-bond donors (Lipinski definition) is 2. The molecule has 0 aliphatic rings. The lowest BCUT2D eigenvalue weighted by molar-refractivity contribution is 0.466. The molecule has 3 N–H and O–H groups in total. The molecule has 0 aromatic heterocycles. The molecule has 0 aliphatic carbocycles. The van der Waals surface area contributed by atoms with Crippen LogP contribution in [0, 0.1) is 17.0 Å². The van der Waals surface area contributed by atoms with Crippen LogP contribution >= 0.6 is 11.8 Å². The molecular formula is C14H12F2N2OS. The third-order valence-electron chi connectivity index (χ3n) is 2.54. The number of amidine groups is 1. The SMILES string of the molecule is CSc1cccc(Oc2cc(F)cc(F)c2)c1C(=N)N. The fourth-order valence-electron chi connectivity index (χ4n) is 1.75. The van der Waals surface area contributed by atoms with Gasteiger partial charge in [-0.25, -0.2) is 8.78 Å². The normalized spacial score (nSPS) is 10.3. The van der Waals surface area contributed by atoms with Crippen molar-refractivity contribution in [2.75, 3.05) is 6.26 Å². The molecule has 0 radical (unpaired) electrons. The average molecular weight is 294 g/mol. The van der Waals surface area contributed by atoms with Gasteiger partial charge in [-0.3, -0.25) is 5.41 Å². The van der Waals surface area contributed by atoms with Gasteiger partial charge in [0.15, 0.2) is 0 Å². The Morgan fingerprint density at radius 3 is 2.40 bits per heavy atom. The summed E-state index contributed by atoms with van der Waals surface area (Å²) in [7, 11) is 0. The lowest BCUT2D eigenvalue weighted by Crippen LogP contribution is -2.13. The summed E-state index contributed by atoms with van der Waals surface area (Å²) < 4.78 is 31.7. The minimum absolute atomic E-state index is 0.0169. The Bertz CT molecular complexity index is 641. The summed E-state index contributed by atoms with van der Waals surface area (Å²) in [6.45, 7) is 0. The minimum Gasteiger partial charge on any atom is -0.456 e. The van der Waals surface area contributed by atoms with E-state index in [2.05, 4.69) is 0 Å². The van der Waals surface area contributed by atoms with Crippen molar-refractivity contribution >= 4 is 17.6 Å². The zero-order chi connectivity index (χ0) is 14.7. The van der Waals surface area contributed by atoms with Crippen LogP contribution in [0.1, 0.15) is 5.56 Å². The van der Waals surface area contributed by atoms with E-state index in [4.69, 9.17) is 15.9 Å². The quantitative estimate of drug-likeness (QED) is 0.513. The van der Waals surface area contributed by atoms with Gasteiger partial charge in [0.1, 0.15) is 29.0 Å². The van der Waals surface area contributed by atoms with Crippen LogP contribution in [0.2, 0.25) is 0 Å². The summed E-state index contributed by atoms with van der Waals surface area (Å²) in [5.74, 6) is -1.32. The predicted octanol–water partition coefficient (Wildman–Crippen LogP) is 3.76. The predicted molar refractivity (Wildman–Crippen MR) is 75.7 cm³/mol. The third kappa shape index (κ3) is 3.08. The van der Waals surface area contributed by atoms with Crippen LogP contribution in [0.4, 0.5) is 8.78 Å². The summed E-state index contributed by atoms with van der Waals surface area (Å²) in [4.78, 5) is 0.756. The molecule has 0 spiro atoms. The molecule has 0 aliphatic heterocycles. The second-order valence-corrected chi connectivity index (χ2v) is 4.80. The summed E-state index contributed by atoms with van der Waals surface area (Å²) >= 11 is 1.41. The molecule has 0 atom stereocenters. The fraction of sp³-hybridized carbons (Fsp3) is 0.0714. The molecule has 6 heteroatoms. The first-order chi connectivity index (χ1) is 9.51. The number of thioether (sulfide) groups is 1. The molecule has 0 saturated carbocycles. The standard InChI is InChI=1S/C14H12F2N2OS/c1-20-12-4-2-3-11(13(12)14(17)18)19-10-6-8(15)5-9(16)7-10/h2-7H,1H3,(H3,17,18). The van der Waals surface area contributed by atoms with E-state index in [9.17, 15) is 8.78 Å². The van der Waals surface area contributed by atoms with Gasteiger partial charge in [-0.05, 0) is 18.4 Å². The Balaban J connectivity index is 2.45. The maximum Gasteiger partial charge on any atom is 0.139 e. The van der Waals surface area contributed by atoms with Gasteiger partial charge in [0.05, 0.1) is 5.56 Å². The molecule has 20 heavy (non-hydrogen) atoms. The van der Waals surface area contributed by atoms with Crippen molar-refractivity contribution in [1.29, 1.82) is 5.41 Å². The Morgan fingerprint density at radius 2 is 1.85 bits per heavy atom. The summed E-state index contributed by atoms with van der Waals surface area (Å²) in [6, 6.07) is 8.01. The van der Waals surface area contributed by atoms with E-state index in [0.717, 1.165) is 23.1 Å². The van der Waals surface area contributed by atoms with Crippen molar-refractivity contribution in [3.05, 3.63) is 53.6 Å². The second-order valence-electron chi connectivity index (χ2n) is 3.95. The summed E-state index contributed by atoms with van der Waals surface area (Å²) in [6.07, 6.45) is 1.84. The van der Waals surface area contributed by atoms with Gasteiger partial charge in [-0.2, -0.15) is 0 Å². The lowest BCUT2D eigenvalue weighted by atomic mass is 10.2. The molecule has 104 valence electrons. The molecule has 2 aromatic carbocycles. The van der Waals surface area contributed by atoms with Crippen molar-refractivity contribution in [3.63, 3.8) is 0 Å². The maximum atomic E-state index is 13.1. The van der Waals surface area contributed by atoms with Gasteiger partial charge < -0.3 is 10.5 Å². The van der Waals surface area contributed by atoms with Crippen molar-refractivity contribution in [3.8, 4) is 11.5 Å². The van der Waals surface area contributed by atoms with Gasteiger partial charge in [0.2, 0.25) is 0 Å². The van der Waals surface area contributed by atoms with E-state index < -0.39 is 11.6 Å². The largest absolute Gasteiger partial charge is 0.456 e. The molecule has 0 heterocycles. The number of benzene rings is 2. The first kappa shape index (κ1) is 14.3. The second kappa shape index (κ2) is 5.92. The van der Waals surface area contributed by atoms with Gasteiger partial charge in [0, 0.05) is 23.1 Å². The smallest absolute Gasteiger partial charge is 0.139 e. The van der Waals surface area contributed by atoms with Crippen LogP contribution in [0.15, 0.2) is 41.3 Å². The lowest BCUT2D eigenvalue weighted by Gasteiger charge is -2.13. The molecular weight excluding hydrogens is 282 g/mol. The Kier molecular flexibility index (Phi) is 4.24. The highest BCUT2D eigenvalue weighted by Crippen LogP contribution is 2.32. The maximum absolute atomic E-state index is 13.1. The van der Waals surface area contributed by atoms with Crippen LogP contribution in [0.3, 0.4) is 0 Å². The molecule has 0 fully saturated rings. The molecule has 0 saturated heterocycles. The number of halogens is 2. The highest BCUT2D eigenvalue weighted by molar-refractivity contribution is 7.98. The van der Waals surface area contributed by atoms with E-state index in [1.54, 1.807) is 18.2 Å². The zero-order valence-electron chi connectivity index (χ0n) is 10.6. The number of nitrogens with two attached hydrogens (primary N) is 1. The number of nitrogens with one attached hydrogen (secondary N) is 1. The Hall–Kier alpha value is -2.08. The Labute approximate surface area is 119 Å². The molecule has 0 unspecified atom stereocenters. The van der Waals surface area contributed by atoms with E-state index in [1.807, 2.05) is 6.26 Å². The fourth-order valence-corrected chi connectivity index (χ4v) is 2.38. The van der Waals surface area contributed by atoms with E-state index in [0.29, 0.717) is 5.56 Å². The monoisotopic (exact) mass is 294 g/mol. The average Bonchev–Trinajstić information content (AvgIpc) is 2.36. The van der Waals surface area contributed by atoms with Crippen LogP contribution in [0.5, 0.6) is 11.5 Å². The topological polar surface area (TPSA) is 59.1 Å². The van der Waals surface area contributed by atoms with E-state index in [-0.39, 0.29) is 17.3 Å². The highest BCUT2D eigenvalue weighted by atomic mass is 32.2. The van der Waals surface area contributed by atoms with Crippen molar-refractivity contribution in [2.24, 2.45) is 5.73 Å². The number of rotatable bonds is 4. The van der Waals surface area contributed by atoms with Gasteiger partial charge in [-0.1, -0.05) is 6.07 Å². The van der Waals surface area contributed by atoms with Crippen LogP contribution in [-0.2, 0) is 0 Å². The van der Waals surface area contributed by atoms with Gasteiger partial charge in [-0.15, -0.1) is 11.8 Å². The van der Waals surface area contributed by atoms with Gasteiger partial charge >= 0.3 is 0 Å². The Morgan fingerprint density at radius 1 is 1.20 bits per heavy atom. The van der Waals surface area contributed by atoms with Crippen LogP contribution in [-0.4, -0.2) is 12.1 Å². The molecule has 2 rings (SSSR count). The van der Waals surface area contributed by atoms with E-state index >= 15 is 0 Å². The summed E-state index contributed by atoms with van der Waals surface area (Å²) in [5, 5.41) is 7.61. The number of nitrogen functional groups attached to an aromatic ring is 1. The van der Waals surface area contributed by atoms with Crippen molar-refractivity contribution in [2.45, 2.75) is 4.90 Å². The van der Waals surface area contributed by atoms with Crippen LogP contribution in [0.25, 0.3) is 0 Å². The number of ether oxygens (including phenoxy) is 1. The highest BCUT2D eigenvalue weighted by Gasteiger charge is 2.13. The first-order valence-corrected chi connectivity index (χ1v) is 6.89. The molecule has 3 nitrogen and oxygen atoms in total. The van der Waals surface area contributed by atoms with E-state index in [1.165, 1.54) is 11.8 Å². The molecule has 0 amide bonds. The first-order valence-electron chi connectivity index (χ1n) is 5.66. The summed E-state index contributed by atoms with van der Waals surface area (Å²) in [5.41, 5.74) is 5.95. The number of hydrogen-bond acceptors (Lipinski definition) is 3. The third-order valence-corrected chi connectivity index (χ3v) is 3.32. The molecule has 2 aromatic rings. The minimum atomic E-state index is -0.731. The van der Waals surface area contributed by atoms with Crippen LogP contribution < -0.4 is 10.5 Å². The van der Waals surface area contributed by atoms with Crippen molar-refractivity contribution < 1.29 is 13.5 Å². The zero-order valence-corrected chi connectivity index (χ0v) is 11.4. The molecule has 0 bridgehead atoms. The van der Waals surface area contributed by atoms with Crippen molar-refractivity contribution in [1.82, 2.24) is 0 Å².